The monoisotopic (exact) mass is 287 g/mol. The third-order valence-electron chi connectivity index (χ3n) is 3.16. The van der Waals surface area contributed by atoms with Gasteiger partial charge in [0.25, 0.3) is 0 Å². The van der Waals surface area contributed by atoms with E-state index in [4.69, 9.17) is 5.11 Å². The maximum absolute atomic E-state index is 10.4. The van der Waals surface area contributed by atoms with Crippen LogP contribution in [0.1, 0.15) is 32.3 Å². The van der Waals surface area contributed by atoms with Gasteiger partial charge in [-0.2, -0.15) is 0 Å². The Kier molecular flexibility index (Phi) is 6.22. The smallest absolute Gasteiger partial charge is 0.322 e. The summed E-state index contributed by atoms with van der Waals surface area (Å²) in [5, 5.41) is 11.4. The summed E-state index contributed by atoms with van der Waals surface area (Å²) >= 11 is 0. The number of aryl methyl sites for hydroxylation is 1. The Morgan fingerprint density at radius 1 is 1.29 bits per heavy atom. The summed E-state index contributed by atoms with van der Waals surface area (Å²) in [4.78, 5) is 10.4. The van der Waals surface area contributed by atoms with E-state index >= 15 is 0 Å². The summed E-state index contributed by atoms with van der Waals surface area (Å²) in [6.07, 6.45) is 3.82. The number of carboxylic acid groups (broad SMARTS) is 1. The third kappa shape index (κ3) is 7.35. The van der Waals surface area contributed by atoms with Crippen molar-refractivity contribution in [2.24, 2.45) is 5.41 Å². The number of hydrogen-bond donors (Lipinski definition) is 2. The maximum atomic E-state index is 10.4. The normalized spacial score (nSPS) is 16.3. The second-order valence-corrected chi connectivity index (χ2v) is 6.25. The van der Waals surface area contributed by atoms with Crippen molar-refractivity contribution in [1.29, 1.82) is 0 Å². The Bertz CT molecular complexity index is 515. The average molecular weight is 287 g/mol. The molecular weight excluding hydrogens is 262 g/mol. The van der Waals surface area contributed by atoms with Gasteiger partial charge in [-0.15, -0.1) is 0 Å². The third-order valence-corrected chi connectivity index (χ3v) is 3.16. The summed E-state index contributed by atoms with van der Waals surface area (Å²) in [6, 6.07) is 10.3. The van der Waals surface area contributed by atoms with Crippen LogP contribution in [-0.4, -0.2) is 17.6 Å². The lowest BCUT2D eigenvalue weighted by Gasteiger charge is -2.31. The molecule has 1 aromatic rings. The number of aliphatic carboxylic acids is 1. The number of rotatable bonds is 3. The van der Waals surface area contributed by atoms with Crippen molar-refractivity contribution in [3.8, 4) is 0 Å². The Morgan fingerprint density at radius 2 is 1.90 bits per heavy atom. The fourth-order valence-electron chi connectivity index (χ4n) is 2.38. The molecule has 21 heavy (non-hydrogen) atoms. The molecule has 0 unspecified atom stereocenters. The molecule has 114 valence electrons. The molecule has 0 saturated heterocycles. The van der Waals surface area contributed by atoms with Gasteiger partial charge in [-0.1, -0.05) is 61.9 Å². The minimum Gasteiger partial charge on any atom is -0.480 e. The second-order valence-electron chi connectivity index (χ2n) is 6.25. The minimum absolute atomic E-state index is 0.0187. The number of carboxylic acids is 1. The van der Waals surface area contributed by atoms with E-state index in [0.717, 1.165) is 24.1 Å². The first-order valence-corrected chi connectivity index (χ1v) is 7.14. The molecule has 0 atom stereocenters. The van der Waals surface area contributed by atoms with E-state index in [-0.39, 0.29) is 12.0 Å². The molecule has 1 aliphatic carbocycles. The van der Waals surface area contributed by atoms with Gasteiger partial charge in [0.2, 0.25) is 0 Å². The first kappa shape index (κ1) is 17.0. The molecule has 0 aliphatic heterocycles. The van der Waals surface area contributed by atoms with Crippen LogP contribution in [0.5, 0.6) is 0 Å². The lowest BCUT2D eigenvalue weighted by atomic mass is 9.77. The topological polar surface area (TPSA) is 49.3 Å². The van der Waals surface area contributed by atoms with Crippen LogP contribution in [0.3, 0.4) is 0 Å². The highest BCUT2D eigenvalue weighted by atomic mass is 16.4. The molecule has 2 N–H and O–H groups in total. The summed E-state index contributed by atoms with van der Waals surface area (Å²) in [7, 11) is 0. The number of nitrogens with one attached hydrogen (secondary N) is 1. The van der Waals surface area contributed by atoms with Gasteiger partial charge in [-0.25, -0.2) is 0 Å². The SMILES string of the molecule is C=C1C=C(NCC(=O)O)CC(C)(C)C1.Cc1ccccc1. The van der Waals surface area contributed by atoms with Gasteiger partial charge >= 0.3 is 5.97 Å². The zero-order valence-electron chi connectivity index (χ0n) is 13.1. The van der Waals surface area contributed by atoms with Crippen LogP contribution in [0.2, 0.25) is 0 Å². The first-order valence-electron chi connectivity index (χ1n) is 7.14. The summed E-state index contributed by atoms with van der Waals surface area (Å²) in [5.74, 6) is -0.833. The fraction of sp³-hybridized carbons (Fsp3) is 0.389. The van der Waals surface area contributed by atoms with Crippen molar-refractivity contribution < 1.29 is 9.90 Å². The molecule has 2 rings (SSSR count). The van der Waals surface area contributed by atoms with E-state index < -0.39 is 5.97 Å². The van der Waals surface area contributed by atoms with Crippen LogP contribution in [0.25, 0.3) is 0 Å². The van der Waals surface area contributed by atoms with Crippen molar-refractivity contribution >= 4 is 5.97 Å². The van der Waals surface area contributed by atoms with E-state index in [1.807, 2.05) is 24.3 Å². The Hall–Kier alpha value is -2.03. The van der Waals surface area contributed by atoms with Gasteiger partial charge < -0.3 is 10.4 Å². The van der Waals surface area contributed by atoms with Gasteiger partial charge in [-0.3, -0.25) is 4.79 Å². The molecule has 1 aliphatic rings. The predicted octanol–water partition coefficient (Wildman–Crippen LogP) is 3.92. The molecule has 0 spiro atoms. The molecule has 0 amide bonds. The number of hydrogen-bond acceptors (Lipinski definition) is 2. The van der Waals surface area contributed by atoms with Crippen LogP contribution >= 0.6 is 0 Å². The summed E-state index contributed by atoms with van der Waals surface area (Å²) < 4.78 is 0. The molecule has 0 aromatic heterocycles. The summed E-state index contributed by atoms with van der Waals surface area (Å²) in [5.41, 5.74) is 3.55. The highest BCUT2D eigenvalue weighted by molar-refractivity contribution is 5.69. The number of benzene rings is 1. The van der Waals surface area contributed by atoms with E-state index in [0.29, 0.717) is 0 Å². The van der Waals surface area contributed by atoms with E-state index in [9.17, 15) is 4.79 Å². The minimum atomic E-state index is -0.833. The van der Waals surface area contributed by atoms with Crippen molar-refractivity contribution in [3.05, 3.63) is 59.8 Å². The number of carbonyl (C=O) groups is 1. The molecule has 0 bridgehead atoms. The summed E-state index contributed by atoms with van der Waals surface area (Å²) in [6.45, 7) is 10.3. The van der Waals surface area contributed by atoms with Crippen LogP contribution in [0, 0.1) is 12.3 Å². The van der Waals surface area contributed by atoms with Gasteiger partial charge in [0.05, 0.1) is 0 Å². The lowest BCUT2D eigenvalue weighted by molar-refractivity contribution is -0.135. The molecule has 0 saturated carbocycles. The van der Waals surface area contributed by atoms with E-state index in [1.165, 1.54) is 5.56 Å². The van der Waals surface area contributed by atoms with Crippen LogP contribution in [-0.2, 0) is 4.79 Å². The van der Waals surface area contributed by atoms with E-state index in [1.54, 1.807) is 0 Å². The first-order chi connectivity index (χ1) is 9.78. The Labute approximate surface area is 127 Å². The predicted molar refractivity (Wildman–Crippen MR) is 87.1 cm³/mol. The van der Waals surface area contributed by atoms with Crippen molar-refractivity contribution in [2.75, 3.05) is 6.54 Å². The van der Waals surface area contributed by atoms with Crippen LogP contribution < -0.4 is 5.32 Å². The molecule has 1 aromatic carbocycles. The molecular formula is C18H25NO2. The maximum Gasteiger partial charge on any atom is 0.322 e. The fourth-order valence-corrected chi connectivity index (χ4v) is 2.38. The Morgan fingerprint density at radius 3 is 2.33 bits per heavy atom. The molecule has 3 heteroatoms. The van der Waals surface area contributed by atoms with Crippen LogP contribution in [0.4, 0.5) is 0 Å². The van der Waals surface area contributed by atoms with Crippen molar-refractivity contribution in [3.63, 3.8) is 0 Å². The van der Waals surface area contributed by atoms with Gasteiger partial charge in [0.1, 0.15) is 6.54 Å². The zero-order valence-corrected chi connectivity index (χ0v) is 13.1. The standard InChI is InChI=1S/C11H17NO2.C7H8/c1-8-4-9(12-7-10(13)14)6-11(2,3)5-8;1-7-5-3-2-4-6-7/h4,12H,1,5-7H2,2-3H3,(H,13,14);2-6H,1H3. The highest BCUT2D eigenvalue weighted by Crippen LogP contribution is 2.36. The van der Waals surface area contributed by atoms with Gasteiger partial charge in [0.15, 0.2) is 0 Å². The highest BCUT2D eigenvalue weighted by Gasteiger charge is 2.24. The van der Waals surface area contributed by atoms with Gasteiger partial charge in [-0.05, 0) is 31.3 Å². The zero-order chi connectivity index (χ0) is 15.9. The molecule has 0 heterocycles. The van der Waals surface area contributed by atoms with Crippen molar-refractivity contribution in [2.45, 2.75) is 33.6 Å². The largest absolute Gasteiger partial charge is 0.480 e. The lowest BCUT2D eigenvalue weighted by Crippen LogP contribution is -2.28. The second kappa shape index (κ2) is 7.67. The van der Waals surface area contributed by atoms with Crippen molar-refractivity contribution in [1.82, 2.24) is 5.32 Å². The van der Waals surface area contributed by atoms with Crippen LogP contribution in [0.15, 0.2) is 54.3 Å². The quantitative estimate of drug-likeness (QED) is 0.886. The van der Waals surface area contributed by atoms with Gasteiger partial charge in [0, 0.05) is 5.70 Å². The molecule has 3 nitrogen and oxygen atoms in total. The average Bonchev–Trinajstić information content (AvgIpc) is 2.36. The van der Waals surface area contributed by atoms with E-state index in [2.05, 4.69) is 44.8 Å². The molecule has 0 fully saturated rings. The molecule has 0 radical (unpaired) electrons. The Balaban J connectivity index is 0.000000262. The number of allylic oxidation sites excluding steroid dienone is 3.